The Morgan fingerprint density at radius 3 is 2.78 bits per heavy atom. The van der Waals surface area contributed by atoms with Crippen molar-refractivity contribution in [1.29, 1.82) is 5.26 Å². The van der Waals surface area contributed by atoms with Crippen molar-refractivity contribution in [2.45, 2.75) is 38.0 Å². The Kier molecular flexibility index (Phi) is 7.29. The lowest BCUT2D eigenvalue weighted by Crippen LogP contribution is -2.25. The zero-order valence-corrected chi connectivity index (χ0v) is 21.0. The second-order valence-electron chi connectivity index (χ2n) is 7.58. The monoisotopic (exact) mass is 576 g/mol. The second-order valence-corrected chi connectivity index (χ2v) is 9.79. The highest BCUT2D eigenvalue weighted by molar-refractivity contribution is 9.10. The summed E-state index contributed by atoms with van der Waals surface area (Å²) in [6.07, 6.45) is 6.89. The van der Waals surface area contributed by atoms with Crippen LogP contribution in [-0.4, -0.2) is 22.5 Å². The molecule has 164 valence electrons. The fourth-order valence-electron chi connectivity index (χ4n) is 3.96. The largest absolute Gasteiger partial charge is 0.477 e. The summed E-state index contributed by atoms with van der Waals surface area (Å²) >= 11 is 13.1. The maximum atomic E-state index is 13.4. The Morgan fingerprint density at radius 2 is 2.03 bits per heavy atom. The quantitative estimate of drug-likeness (QED) is 0.328. The number of ether oxygens (including phenoxy) is 1. The number of rotatable bonds is 5. The third kappa shape index (κ3) is 4.90. The summed E-state index contributed by atoms with van der Waals surface area (Å²) in [6, 6.07) is 10.8. The molecular weight excluding hydrogens is 560 g/mol. The molecular formula is C23H19Br2ClN4O2. The van der Waals surface area contributed by atoms with E-state index in [1.165, 1.54) is 17.3 Å². The van der Waals surface area contributed by atoms with Crippen molar-refractivity contribution in [2.24, 2.45) is 5.10 Å². The molecule has 0 unspecified atom stereocenters. The van der Waals surface area contributed by atoms with Gasteiger partial charge in [0, 0.05) is 21.0 Å². The standard InChI is InChI=1S/C23H19Br2ClN4O2/c24-16-6-7-20-18(11-16)23(31)30(22(29-20)14-4-2-1-3-5-14)28-13-15-10-17(26)12-19(25)21(15)32-9-8-27/h6-7,10-14H,1-5,9H2. The molecule has 0 atom stereocenters. The molecule has 1 aliphatic carbocycles. The predicted molar refractivity (Wildman–Crippen MR) is 133 cm³/mol. The number of nitrogens with zero attached hydrogens (tertiary/aromatic N) is 4. The molecule has 0 spiro atoms. The number of hydrogen-bond donors (Lipinski definition) is 0. The summed E-state index contributed by atoms with van der Waals surface area (Å²) in [4.78, 5) is 18.3. The summed E-state index contributed by atoms with van der Waals surface area (Å²) < 4.78 is 8.35. The van der Waals surface area contributed by atoms with Crippen LogP contribution in [0.2, 0.25) is 5.02 Å². The number of benzene rings is 2. The highest BCUT2D eigenvalue weighted by Gasteiger charge is 2.22. The Bertz CT molecular complexity index is 1290. The molecule has 1 aromatic heterocycles. The molecule has 0 radical (unpaired) electrons. The van der Waals surface area contributed by atoms with Crippen molar-refractivity contribution in [3.05, 3.63) is 66.0 Å². The summed E-state index contributed by atoms with van der Waals surface area (Å²) in [5.41, 5.74) is 0.984. The fourth-order valence-corrected chi connectivity index (χ4v) is 5.26. The van der Waals surface area contributed by atoms with Crippen LogP contribution >= 0.6 is 43.5 Å². The van der Waals surface area contributed by atoms with Crippen molar-refractivity contribution in [3.8, 4) is 11.8 Å². The van der Waals surface area contributed by atoms with Crippen molar-refractivity contribution < 1.29 is 4.74 Å². The van der Waals surface area contributed by atoms with E-state index in [0.29, 0.717) is 37.5 Å². The first-order valence-electron chi connectivity index (χ1n) is 10.2. The van der Waals surface area contributed by atoms with E-state index >= 15 is 0 Å². The Hall–Kier alpha value is -2.21. The highest BCUT2D eigenvalue weighted by Crippen LogP contribution is 2.33. The van der Waals surface area contributed by atoms with Gasteiger partial charge in [0.1, 0.15) is 17.6 Å². The van der Waals surface area contributed by atoms with E-state index in [-0.39, 0.29) is 18.1 Å². The van der Waals surface area contributed by atoms with Gasteiger partial charge in [-0.25, -0.2) is 4.98 Å². The predicted octanol–water partition coefficient (Wildman–Crippen LogP) is 6.41. The second kappa shape index (κ2) is 10.2. The van der Waals surface area contributed by atoms with Crippen LogP contribution < -0.4 is 10.3 Å². The number of hydrogen-bond acceptors (Lipinski definition) is 5. The molecule has 0 saturated heterocycles. The van der Waals surface area contributed by atoms with Gasteiger partial charge >= 0.3 is 0 Å². The van der Waals surface area contributed by atoms with Gasteiger partial charge in [-0.3, -0.25) is 4.79 Å². The third-order valence-corrected chi connectivity index (χ3v) is 6.73. The summed E-state index contributed by atoms with van der Waals surface area (Å²) in [5.74, 6) is 1.27. The average molecular weight is 579 g/mol. The number of nitriles is 1. The minimum absolute atomic E-state index is 0.125. The molecule has 2 aromatic carbocycles. The topological polar surface area (TPSA) is 80.3 Å². The van der Waals surface area contributed by atoms with Gasteiger partial charge < -0.3 is 4.74 Å². The lowest BCUT2D eigenvalue weighted by molar-refractivity contribution is 0.365. The molecule has 9 heteroatoms. The van der Waals surface area contributed by atoms with Gasteiger partial charge in [-0.05, 0) is 59.1 Å². The lowest BCUT2D eigenvalue weighted by Gasteiger charge is -2.22. The van der Waals surface area contributed by atoms with Crippen LogP contribution in [0.25, 0.3) is 10.9 Å². The molecule has 0 N–H and O–H groups in total. The van der Waals surface area contributed by atoms with Crippen LogP contribution in [0, 0.1) is 11.3 Å². The van der Waals surface area contributed by atoms with E-state index in [0.717, 1.165) is 30.2 Å². The van der Waals surface area contributed by atoms with E-state index < -0.39 is 0 Å². The minimum Gasteiger partial charge on any atom is -0.477 e. The summed E-state index contributed by atoms with van der Waals surface area (Å²) in [7, 11) is 0. The van der Waals surface area contributed by atoms with E-state index in [9.17, 15) is 4.79 Å². The number of aromatic nitrogens is 2. The molecule has 1 aliphatic rings. The van der Waals surface area contributed by atoms with E-state index in [1.54, 1.807) is 18.2 Å². The maximum Gasteiger partial charge on any atom is 0.282 e. The Balaban J connectivity index is 1.87. The van der Waals surface area contributed by atoms with Gasteiger partial charge in [0.05, 0.1) is 21.6 Å². The van der Waals surface area contributed by atoms with E-state index in [2.05, 4.69) is 37.0 Å². The molecule has 32 heavy (non-hydrogen) atoms. The molecule has 0 bridgehead atoms. The van der Waals surface area contributed by atoms with Crippen LogP contribution in [0.5, 0.6) is 5.75 Å². The first kappa shape index (κ1) is 23.0. The number of halogens is 3. The van der Waals surface area contributed by atoms with Crippen LogP contribution in [-0.2, 0) is 0 Å². The fraction of sp³-hybridized carbons (Fsp3) is 0.304. The molecule has 3 aromatic rings. The lowest BCUT2D eigenvalue weighted by atomic mass is 9.88. The van der Waals surface area contributed by atoms with E-state index in [4.69, 9.17) is 26.6 Å². The highest BCUT2D eigenvalue weighted by atomic mass is 79.9. The van der Waals surface area contributed by atoms with Crippen molar-refractivity contribution in [3.63, 3.8) is 0 Å². The molecule has 1 heterocycles. The van der Waals surface area contributed by atoms with Gasteiger partial charge in [0.15, 0.2) is 6.61 Å². The molecule has 1 saturated carbocycles. The van der Waals surface area contributed by atoms with Crippen LogP contribution in [0.15, 0.2) is 49.2 Å². The molecule has 4 rings (SSSR count). The summed E-state index contributed by atoms with van der Waals surface area (Å²) in [5, 5.41) is 14.4. The van der Waals surface area contributed by atoms with Gasteiger partial charge in [-0.15, -0.1) is 0 Å². The Morgan fingerprint density at radius 1 is 1.25 bits per heavy atom. The average Bonchev–Trinajstić information content (AvgIpc) is 2.78. The third-order valence-electron chi connectivity index (χ3n) is 5.43. The van der Waals surface area contributed by atoms with Gasteiger partial charge in [-0.1, -0.05) is 46.8 Å². The van der Waals surface area contributed by atoms with E-state index in [1.807, 2.05) is 18.2 Å². The van der Waals surface area contributed by atoms with Crippen molar-refractivity contribution in [1.82, 2.24) is 9.66 Å². The number of fused-ring (bicyclic) bond motifs is 1. The van der Waals surface area contributed by atoms with Crippen LogP contribution in [0.3, 0.4) is 0 Å². The Labute approximate surface area is 207 Å². The van der Waals surface area contributed by atoms with Gasteiger partial charge in [0.25, 0.3) is 5.56 Å². The van der Waals surface area contributed by atoms with Crippen molar-refractivity contribution in [2.75, 3.05) is 6.61 Å². The first-order chi connectivity index (χ1) is 15.5. The first-order valence-corrected chi connectivity index (χ1v) is 12.2. The smallest absolute Gasteiger partial charge is 0.282 e. The van der Waals surface area contributed by atoms with Crippen LogP contribution in [0.4, 0.5) is 0 Å². The van der Waals surface area contributed by atoms with Gasteiger partial charge in [0.2, 0.25) is 0 Å². The minimum atomic E-state index is -0.228. The molecule has 6 nitrogen and oxygen atoms in total. The van der Waals surface area contributed by atoms with Gasteiger partial charge in [-0.2, -0.15) is 15.0 Å². The molecule has 0 aliphatic heterocycles. The zero-order chi connectivity index (χ0) is 22.7. The zero-order valence-electron chi connectivity index (χ0n) is 17.0. The maximum absolute atomic E-state index is 13.4. The molecule has 1 fully saturated rings. The van der Waals surface area contributed by atoms with Crippen molar-refractivity contribution >= 4 is 60.6 Å². The molecule has 0 amide bonds. The van der Waals surface area contributed by atoms with Crippen LogP contribution in [0.1, 0.15) is 49.4 Å². The SMILES string of the molecule is N#CCOc1c(Br)cc(Cl)cc1C=Nn1c(C2CCCCC2)nc2ccc(Br)cc2c1=O. The summed E-state index contributed by atoms with van der Waals surface area (Å²) in [6.45, 7) is -0.125. The normalized spacial score (nSPS) is 14.7.